The Labute approximate surface area is 188 Å². The summed E-state index contributed by atoms with van der Waals surface area (Å²) in [5, 5.41) is -0.229. The maximum atomic E-state index is 13.6. The minimum atomic E-state index is -0.784. The Bertz CT molecular complexity index is 1270. The van der Waals surface area contributed by atoms with Crippen LogP contribution in [0.15, 0.2) is 33.5 Å². The molecule has 1 heterocycles. The van der Waals surface area contributed by atoms with Gasteiger partial charge in [-0.05, 0) is 24.3 Å². The Morgan fingerprint density at radius 3 is 1.70 bits per heavy atom. The lowest BCUT2D eigenvalue weighted by molar-refractivity contribution is -0.133. The molecule has 0 bridgehead atoms. The minimum absolute atomic E-state index is 0.0153. The van der Waals surface area contributed by atoms with Crippen LogP contribution in [0.3, 0.4) is 0 Å². The first-order valence-corrected chi connectivity index (χ1v) is 9.61. The van der Waals surface area contributed by atoms with Crippen molar-refractivity contribution in [2.24, 2.45) is 0 Å². The molecule has 0 spiro atoms. The average molecular weight is 458 g/mol. The highest BCUT2D eigenvalue weighted by Crippen LogP contribution is 2.51. The van der Waals surface area contributed by atoms with Crippen LogP contribution in [0.5, 0.6) is 34.5 Å². The van der Waals surface area contributed by atoms with E-state index in [-0.39, 0.29) is 39.7 Å². The van der Waals surface area contributed by atoms with Gasteiger partial charge in [-0.25, -0.2) is 0 Å². The van der Waals surface area contributed by atoms with Crippen LogP contribution >= 0.6 is 0 Å². The smallest absolute Gasteiger partial charge is 0.308 e. The van der Waals surface area contributed by atoms with E-state index in [1.807, 2.05) is 0 Å². The van der Waals surface area contributed by atoms with Crippen molar-refractivity contribution in [2.75, 3.05) is 28.4 Å². The molecule has 0 aliphatic heterocycles. The number of methoxy groups -OCH3 is 4. The molecule has 3 aromatic rings. The van der Waals surface area contributed by atoms with Gasteiger partial charge in [0, 0.05) is 19.4 Å². The molecule has 10 nitrogen and oxygen atoms in total. The van der Waals surface area contributed by atoms with Crippen molar-refractivity contribution in [3.05, 3.63) is 34.5 Å². The summed E-state index contributed by atoms with van der Waals surface area (Å²) in [5.74, 6) is -1.65. The number of rotatable bonds is 7. The molecular formula is C23H22O10. The first-order valence-electron chi connectivity index (χ1n) is 9.61. The molecule has 0 atom stereocenters. The maximum Gasteiger partial charge on any atom is 0.308 e. The van der Waals surface area contributed by atoms with Crippen molar-refractivity contribution in [2.45, 2.75) is 13.8 Å². The maximum absolute atomic E-state index is 13.6. The summed E-state index contributed by atoms with van der Waals surface area (Å²) >= 11 is 0. The fourth-order valence-corrected chi connectivity index (χ4v) is 3.27. The van der Waals surface area contributed by atoms with Gasteiger partial charge in [-0.15, -0.1) is 0 Å². The van der Waals surface area contributed by atoms with Gasteiger partial charge in [-0.2, -0.15) is 0 Å². The SMILES string of the molecule is COc1ccc(-c2oc3c(OC)c(OC)c(OC)c(OC(C)=O)c3c(=O)c2OC(C)=O)cc1. The molecular weight excluding hydrogens is 436 g/mol. The Balaban J connectivity index is 2.54. The van der Waals surface area contributed by atoms with Crippen molar-refractivity contribution in [3.63, 3.8) is 0 Å². The molecule has 1 aromatic heterocycles. The molecule has 0 amide bonds. The quantitative estimate of drug-likeness (QED) is 0.385. The van der Waals surface area contributed by atoms with Crippen LogP contribution in [-0.4, -0.2) is 40.4 Å². The molecule has 174 valence electrons. The summed E-state index contributed by atoms with van der Waals surface area (Å²) in [6.07, 6.45) is 0. The topological polar surface area (TPSA) is 120 Å². The predicted octanol–water partition coefficient (Wildman–Crippen LogP) is 3.35. The van der Waals surface area contributed by atoms with E-state index in [1.54, 1.807) is 24.3 Å². The summed E-state index contributed by atoms with van der Waals surface area (Å²) in [4.78, 5) is 37.3. The van der Waals surface area contributed by atoms with Crippen LogP contribution in [0.25, 0.3) is 22.3 Å². The first kappa shape index (κ1) is 23.5. The van der Waals surface area contributed by atoms with Crippen LogP contribution in [-0.2, 0) is 9.59 Å². The number of hydrogen-bond donors (Lipinski definition) is 0. The second-order valence-electron chi connectivity index (χ2n) is 6.64. The molecule has 0 N–H and O–H groups in total. The normalized spacial score (nSPS) is 10.5. The largest absolute Gasteiger partial charge is 0.497 e. The van der Waals surface area contributed by atoms with Crippen LogP contribution in [0.2, 0.25) is 0 Å². The highest BCUT2D eigenvalue weighted by atomic mass is 16.6. The zero-order valence-corrected chi connectivity index (χ0v) is 18.9. The van der Waals surface area contributed by atoms with Gasteiger partial charge in [0.05, 0.1) is 28.4 Å². The number of hydrogen-bond acceptors (Lipinski definition) is 10. The Kier molecular flexibility index (Phi) is 6.76. The number of ether oxygens (including phenoxy) is 6. The third kappa shape index (κ3) is 4.27. The number of carbonyl (C=O) groups is 2. The number of benzene rings is 2. The van der Waals surface area contributed by atoms with Gasteiger partial charge < -0.3 is 32.8 Å². The molecule has 0 saturated carbocycles. The van der Waals surface area contributed by atoms with Gasteiger partial charge in [-0.3, -0.25) is 14.4 Å². The number of fused-ring (bicyclic) bond motifs is 1. The van der Waals surface area contributed by atoms with E-state index < -0.39 is 23.1 Å². The zero-order chi connectivity index (χ0) is 24.3. The predicted molar refractivity (Wildman–Crippen MR) is 117 cm³/mol. The Hall–Kier alpha value is -4.21. The van der Waals surface area contributed by atoms with E-state index in [0.29, 0.717) is 11.3 Å². The third-order valence-electron chi connectivity index (χ3n) is 4.58. The highest BCUT2D eigenvalue weighted by Gasteiger charge is 2.31. The molecule has 3 rings (SSSR count). The third-order valence-corrected chi connectivity index (χ3v) is 4.58. The van der Waals surface area contributed by atoms with E-state index in [4.69, 9.17) is 32.8 Å². The molecule has 0 aliphatic carbocycles. The van der Waals surface area contributed by atoms with Crippen molar-refractivity contribution in [3.8, 4) is 45.8 Å². The van der Waals surface area contributed by atoms with Crippen LogP contribution in [0, 0.1) is 0 Å². The number of esters is 2. The van der Waals surface area contributed by atoms with Crippen LogP contribution in [0.1, 0.15) is 13.8 Å². The molecule has 0 saturated heterocycles. The summed E-state index contributed by atoms with van der Waals surface area (Å²) in [5.41, 5.74) is -0.470. The zero-order valence-electron chi connectivity index (χ0n) is 18.9. The lowest BCUT2D eigenvalue weighted by atomic mass is 10.1. The highest BCUT2D eigenvalue weighted by molar-refractivity contribution is 5.98. The molecule has 0 radical (unpaired) electrons. The van der Waals surface area contributed by atoms with Gasteiger partial charge in [0.2, 0.25) is 28.4 Å². The Morgan fingerprint density at radius 1 is 0.697 bits per heavy atom. The van der Waals surface area contributed by atoms with E-state index in [2.05, 4.69) is 0 Å². The van der Waals surface area contributed by atoms with Gasteiger partial charge >= 0.3 is 11.9 Å². The van der Waals surface area contributed by atoms with E-state index in [9.17, 15) is 14.4 Å². The lowest BCUT2D eigenvalue weighted by Gasteiger charge is -2.19. The lowest BCUT2D eigenvalue weighted by Crippen LogP contribution is -2.16. The molecule has 2 aromatic carbocycles. The fraction of sp³-hybridized carbons (Fsp3) is 0.261. The van der Waals surface area contributed by atoms with E-state index in [1.165, 1.54) is 28.4 Å². The summed E-state index contributed by atoms with van der Waals surface area (Å²) in [6, 6.07) is 6.53. The second-order valence-corrected chi connectivity index (χ2v) is 6.64. The van der Waals surface area contributed by atoms with Gasteiger partial charge in [-0.1, -0.05) is 0 Å². The molecule has 33 heavy (non-hydrogen) atoms. The molecule has 0 unspecified atom stereocenters. The van der Waals surface area contributed by atoms with E-state index >= 15 is 0 Å². The van der Waals surface area contributed by atoms with Gasteiger partial charge in [0.15, 0.2) is 17.1 Å². The summed E-state index contributed by atoms with van der Waals surface area (Å²) < 4.78 is 37.9. The number of carbonyl (C=O) groups excluding carboxylic acids is 2. The van der Waals surface area contributed by atoms with Gasteiger partial charge in [0.1, 0.15) is 11.1 Å². The molecule has 0 fully saturated rings. The van der Waals surface area contributed by atoms with Crippen LogP contribution < -0.4 is 33.8 Å². The average Bonchev–Trinajstić information content (AvgIpc) is 2.79. The van der Waals surface area contributed by atoms with Crippen molar-refractivity contribution < 1.29 is 42.4 Å². The summed E-state index contributed by atoms with van der Waals surface area (Å²) in [6.45, 7) is 2.30. The van der Waals surface area contributed by atoms with E-state index in [0.717, 1.165) is 13.8 Å². The minimum Gasteiger partial charge on any atom is -0.497 e. The van der Waals surface area contributed by atoms with Crippen molar-refractivity contribution in [1.29, 1.82) is 0 Å². The Morgan fingerprint density at radius 2 is 1.21 bits per heavy atom. The monoisotopic (exact) mass is 458 g/mol. The molecule has 0 aliphatic rings. The van der Waals surface area contributed by atoms with Gasteiger partial charge in [0.25, 0.3) is 0 Å². The summed E-state index contributed by atoms with van der Waals surface area (Å²) in [7, 11) is 5.50. The van der Waals surface area contributed by atoms with Crippen LogP contribution in [0.4, 0.5) is 0 Å². The molecule has 10 heteroatoms. The second kappa shape index (κ2) is 9.51. The van der Waals surface area contributed by atoms with Crippen molar-refractivity contribution in [1.82, 2.24) is 0 Å². The fourth-order valence-electron chi connectivity index (χ4n) is 3.27. The standard InChI is InChI=1S/C23H22O10/c1-11(24)31-18-15-16(26)20(32-12(2)25)17(13-7-9-14(27-3)10-8-13)33-19(15)22(29-5)23(30-6)21(18)28-4/h7-10H,1-6H3. The first-order chi connectivity index (χ1) is 15.8. The van der Waals surface area contributed by atoms with Crippen molar-refractivity contribution >= 4 is 22.9 Å².